The predicted molar refractivity (Wildman–Crippen MR) is 82.4 cm³/mol. The maximum Gasteiger partial charge on any atom is 0.223 e. The molecular weight excluding hydrogens is 292 g/mol. The molecule has 0 atom stereocenters. The molecule has 21 heavy (non-hydrogen) atoms. The van der Waals surface area contributed by atoms with Gasteiger partial charge in [0.05, 0.1) is 0 Å². The van der Waals surface area contributed by atoms with Gasteiger partial charge in [0.1, 0.15) is 0 Å². The quantitative estimate of drug-likeness (QED) is 0.866. The maximum absolute atomic E-state index is 11.9. The van der Waals surface area contributed by atoms with Crippen LogP contribution in [0.3, 0.4) is 0 Å². The van der Waals surface area contributed by atoms with E-state index in [0.717, 1.165) is 31.6 Å². The summed E-state index contributed by atoms with van der Waals surface area (Å²) in [4.78, 5) is 11.9. The Morgan fingerprint density at radius 1 is 1.33 bits per heavy atom. The van der Waals surface area contributed by atoms with Crippen LogP contribution in [0.2, 0.25) is 0 Å². The van der Waals surface area contributed by atoms with Crippen LogP contribution in [-0.4, -0.2) is 29.2 Å². The molecule has 7 heteroatoms. The van der Waals surface area contributed by atoms with Crippen molar-refractivity contribution in [3.63, 3.8) is 0 Å². The highest BCUT2D eigenvalue weighted by molar-refractivity contribution is 5.85. The Kier molecular flexibility index (Phi) is 7.11. The standard InChI is InChI=1S/C14H24N4O2.ClH/c1-9(2)13-17-18-14(20-13)11-5-3-10(4-6-11)12(19)16-8-7-15;/h9-11H,3-8,15H2,1-2H3,(H,16,19);1H/t10-,11-;. The second kappa shape index (κ2) is 8.34. The number of halogens is 1. The van der Waals surface area contributed by atoms with E-state index in [1.165, 1.54) is 0 Å². The first kappa shape index (κ1) is 17.9. The molecular formula is C14H25ClN4O2. The summed E-state index contributed by atoms with van der Waals surface area (Å²) in [6.45, 7) is 5.12. The maximum atomic E-state index is 11.9. The van der Waals surface area contributed by atoms with Crippen molar-refractivity contribution in [2.45, 2.75) is 51.4 Å². The minimum Gasteiger partial charge on any atom is -0.425 e. The third-order valence-corrected chi connectivity index (χ3v) is 3.84. The highest BCUT2D eigenvalue weighted by atomic mass is 35.5. The minimum atomic E-state index is 0. The van der Waals surface area contributed by atoms with Gasteiger partial charge in [-0.1, -0.05) is 13.8 Å². The molecule has 1 aliphatic carbocycles. The van der Waals surface area contributed by atoms with Gasteiger partial charge < -0.3 is 15.5 Å². The smallest absolute Gasteiger partial charge is 0.223 e. The molecule has 6 nitrogen and oxygen atoms in total. The molecule has 1 saturated carbocycles. The van der Waals surface area contributed by atoms with E-state index in [1.807, 2.05) is 13.8 Å². The first-order valence-electron chi connectivity index (χ1n) is 7.43. The van der Waals surface area contributed by atoms with Crippen LogP contribution >= 0.6 is 12.4 Å². The molecule has 1 amide bonds. The second-order valence-electron chi connectivity index (χ2n) is 5.76. The fourth-order valence-corrected chi connectivity index (χ4v) is 2.59. The van der Waals surface area contributed by atoms with Crippen molar-refractivity contribution in [3.05, 3.63) is 11.8 Å². The Morgan fingerprint density at radius 2 is 2.00 bits per heavy atom. The number of nitrogens with two attached hydrogens (primary N) is 1. The van der Waals surface area contributed by atoms with Crippen molar-refractivity contribution in [1.82, 2.24) is 15.5 Å². The molecule has 1 fully saturated rings. The Bertz CT molecular complexity index is 442. The topological polar surface area (TPSA) is 94.0 Å². The summed E-state index contributed by atoms with van der Waals surface area (Å²) < 4.78 is 5.71. The lowest BCUT2D eigenvalue weighted by Crippen LogP contribution is -2.35. The molecule has 1 aromatic rings. The van der Waals surface area contributed by atoms with Crippen LogP contribution in [0, 0.1) is 5.92 Å². The van der Waals surface area contributed by atoms with Crippen LogP contribution in [0.15, 0.2) is 4.42 Å². The first-order chi connectivity index (χ1) is 9.61. The van der Waals surface area contributed by atoms with Crippen molar-refractivity contribution < 1.29 is 9.21 Å². The van der Waals surface area contributed by atoms with Gasteiger partial charge in [0.2, 0.25) is 17.7 Å². The summed E-state index contributed by atoms with van der Waals surface area (Å²) in [5.74, 6) is 2.22. The van der Waals surface area contributed by atoms with Crippen molar-refractivity contribution in [3.8, 4) is 0 Å². The van der Waals surface area contributed by atoms with Gasteiger partial charge in [-0.2, -0.15) is 0 Å². The summed E-state index contributed by atoms with van der Waals surface area (Å²) in [6.07, 6.45) is 3.61. The molecule has 1 aliphatic rings. The van der Waals surface area contributed by atoms with Crippen molar-refractivity contribution >= 4 is 18.3 Å². The molecule has 0 bridgehead atoms. The zero-order valence-electron chi connectivity index (χ0n) is 12.7. The number of rotatable bonds is 5. The lowest BCUT2D eigenvalue weighted by molar-refractivity contribution is -0.126. The predicted octanol–water partition coefficient (Wildman–Crippen LogP) is 1.96. The van der Waals surface area contributed by atoms with Gasteiger partial charge in [-0.3, -0.25) is 4.79 Å². The summed E-state index contributed by atoms with van der Waals surface area (Å²) in [5, 5.41) is 11.1. The average Bonchev–Trinajstić information content (AvgIpc) is 2.95. The number of amides is 1. The van der Waals surface area contributed by atoms with E-state index >= 15 is 0 Å². The molecule has 1 aromatic heterocycles. The molecule has 120 valence electrons. The largest absolute Gasteiger partial charge is 0.425 e. The Hall–Kier alpha value is -1.14. The number of aromatic nitrogens is 2. The van der Waals surface area contributed by atoms with Crippen molar-refractivity contribution in [2.75, 3.05) is 13.1 Å². The van der Waals surface area contributed by atoms with Crippen molar-refractivity contribution in [2.24, 2.45) is 11.7 Å². The van der Waals surface area contributed by atoms with Gasteiger partial charge in [0.25, 0.3) is 0 Å². The van der Waals surface area contributed by atoms with E-state index in [4.69, 9.17) is 10.2 Å². The van der Waals surface area contributed by atoms with Crippen LogP contribution in [0.1, 0.15) is 63.1 Å². The lowest BCUT2D eigenvalue weighted by Gasteiger charge is -2.25. The van der Waals surface area contributed by atoms with Gasteiger partial charge in [0, 0.05) is 30.8 Å². The Labute approximate surface area is 131 Å². The number of hydrogen-bond donors (Lipinski definition) is 2. The zero-order chi connectivity index (χ0) is 14.5. The first-order valence-corrected chi connectivity index (χ1v) is 7.43. The minimum absolute atomic E-state index is 0. The third-order valence-electron chi connectivity index (χ3n) is 3.84. The average molecular weight is 317 g/mol. The van der Waals surface area contributed by atoms with Gasteiger partial charge >= 0.3 is 0 Å². The lowest BCUT2D eigenvalue weighted by atomic mass is 9.81. The van der Waals surface area contributed by atoms with Crippen LogP contribution in [0.4, 0.5) is 0 Å². The van der Waals surface area contributed by atoms with Gasteiger partial charge in [-0.15, -0.1) is 22.6 Å². The van der Waals surface area contributed by atoms with Crippen LogP contribution in [-0.2, 0) is 4.79 Å². The molecule has 0 spiro atoms. The summed E-state index contributed by atoms with van der Waals surface area (Å²) in [5.41, 5.74) is 5.39. The molecule has 0 unspecified atom stereocenters. The molecule has 1 heterocycles. The van der Waals surface area contributed by atoms with Crippen LogP contribution in [0.5, 0.6) is 0 Å². The SMILES string of the molecule is CC(C)c1nnc([C@H]2CC[C@H](C(=O)NCCN)CC2)o1.Cl. The van der Waals surface area contributed by atoms with E-state index in [0.29, 0.717) is 24.9 Å². The van der Waals surface area contributed by atoms with E-state index < -0.39 is 0 Å². The molecule has 3 N–H and O–H groups in total. The van der Waals surface area contributed by atoms with Gasteiger partial charge in [0.15, 0.2) is 0 Å². The Balaban J connectivity index is 0.00000220. The number of carbonyl (C=O) groups is 1. The van der Waals surface area contributed by atoms with Gasteiger partial charge in [-0.05, 0) is 25.7 Å². The normalized spacial score (nSPS) is 21.9. The summed E-state index contributed by atoms with van der Waals surface area (Å²) >= 11 is 0. The third kappa shape index (κ3) is 4.68. The van der Waals surface area contributed by atoms with E-state index in [9.17, 15) is 4.79 Å². The van der Waals surface area contributed by atoms with E-state index in [1.54, 1.807) is 0 Å². The molecule has 2 rings (SSSR count). The second-order valence-corrected chi connectivity index (χ2v) is 5.76. The van der Waals surface area contributed by atoms with Gasteiger partial charge in [-0.25, -0.2) is 0 Å². The van der Waals surface area contributed by atoms with E-state index in [2.05, 4.69) is 15.5 Å². The number of carbonyl (C=O) groups excluding carboxylic acids is 1. The highest BCUT2D eigenvalue weighted by Crippen LogP contribution is 2.35. The number of nitrogens with one attached hydrogen (secondary N) is 1. The highest BCUT2D eigenvalue weighted by Gasteiger charge is 2.29. The van der Waals surface area contributed by atoms with E-state index in [-0.39, 0.29) is 30.2 Å². The molecule has 0 saturated heterocycles. The molecule has 0 aromatic carbocycles. The van der Waals surface area contributed by atoms with Crippen LogP contribution in [0.25, 0.3) is 0 Å². The Morgan fingerprint density at radius 3 is 2.52 bits per heavy atom. The number of hydrogen-bond acceptors (Lipinski definition) is 5. The fourth-order valence-electron chi connectivity index (χ4n) is 2.59. The van der Waals surface area contributed by atoms with Crippen LogP contribution < -0.4 is 11.1 Å². The fraction of sp³-hybridized carbons (Fsp3) is 0.786. The monoisotopic (exact) mass is 316 g/mol. The molecule has 0 aliphatic heterocycles. The summed E-state index contributed by atoms with van der Waals surface area (Å²) in [7, 11) is 0. The van der Waals surface area contributed by atoms with Crippen molar-refractivity contribution in [1.29, 1.82) is 0 Å². The molecule has 0 radical (unpaired) electrons. The summed E-state index contributed by atoms with van der Waals surface area (Å²) in [6, 6.07) is 0. The zero-order valence-corrected chi connectivity index (χ0v) is 13.5. The number of nitrogens with zero attached hydrogens (tertiary/aromatic N) is 2.